The zero-order valence-corrected chi connectivity index (χ0v) is 19.0. The summed E-state index contributed by atoms with van der Waals surface area (Å²) in [5, 5.41) is 9.08. The Hall–Kier alpha value is -3.00. The van der Waals surface area contributed by atoms with Crippen LogP contribution in [0.2, 0.25) is 0 Å². The Morgan fingerprint density at radius 2 is 1.77 bits per heavy atom. The van der Waals surface area contributed by atoms with Crippen molar-refractivity contribution in [3.05, 3.63) is 53.6 Å². The number of benzene rings is 2. The first-order valence-electron chi connectivity index (χ1n) is 10.0. The Bertz CT molecular complexity index is 960. The third-order valence-electron chi connectivity index (χ3n) is 4.83. The fourth-order valence-corrected chi connectivity index (χ4v) is 4.38. The van der Waals surface area contributed by atoms with E-state index in [0.717, 1.165) is 29.7 Å². The highest BCUT2D eigenvalue weighted by Crippen LogP contribution is 2.32. The SMILES string of the molecule is CCC[C@H]1S/C(=N\N=C/c2ccc(OC)c(OC)c2)N(Cc2ccc(OC)cc2)C1=O. The molecule has 1 saturated heterocycles. The normalized spacial score (nSPS) is 17.5. The first kappa shape index (κ1) is 22.7. The molecule has 1 aliphatic heterocycles. The van der Waals surface area contributed by atoms with Crippen LogP contribution in [-0.4, -0.2) is 48.8 Å². The molecule has 1 heterocycles. The van der Waals surface area contributed by atoms with Crippen LogP contribution in [-0.2, 0) is 11.3 Å². The molecule has 3 rings (SSSR count). The van der Waals surface area contributed by atoms with Gasteiger partial charge in [-0.15, -0.1) is 5.10 Å². The third kappa shape index (κ3) is 5.58. The number of rotatable bonds is 9. The van der Waals surface area contributed by atoms with E-state index in [-0.39, 0.29) is 11.2 Å². The summed E-state index contributed by atoms with van der Waals surface area (Å²) in [4.78, 5) is 14.6. The second kappa shape index (κ2) is 10.9. The molecule has 0 radical (unpaired) electrons. The van der Waals surface area contributed by atoms with Crippen LogP contribution in [0.5, 0.6) is 17.2 Å². The van der Waals surface area contributed by atoms with E-state index in [1.54, 1.807) is 32.4 Å². The second-order valence-electron chi connectivity index (χ2n) is 6.91. The van der Waals surface area contributed by atoms with Crippen LogP contribution >= 0.6 is 11.8 Å². The smallest absolute Gasteiger partial charge is 0.242 e. The average molecular weight is 442 g/mol. The van der Waals surface area contributed by atoms with Gasteiger partial charge in [-0.25, -0.2) is 0 Å². The number of thioether (sulfide) groups is 1. The zero-order chi connectivity index (χ0) is 22.2. The molecule has 0 saturated carbocycles. The maximum absolute atomic E-state index is 12.9. The minimum Gasteiger partial charge on any atom is -0.497 e. The van der Waals surface area contributed by atoms with Gasteiger partial charge in [-0.05, 0) is 47.9 Å². The van der Waals surface area contributed by atoms with Gasteiger partial charge in [0.1, 0.15) is 5.75 Å². The summed E-state index contributed by atoms with van der Waals surface area (Å²) in [5.74, 6) is 2.12. The Morgan fingerprint density at radius 3 is 2.42 bits per heavy atom. The summed E-state index contributed by atoms with van der Waals surface area (Å²) in [5.41, 5.74) is 1.83. The van der Waals surface area contributed by atoms with Gasteiger partial charge in [-0.3, -0.25) is 9.69 Å². The van der Waals surface area contributed by atoms with Gasteiger partial charge in [0.05, 0.1) is 39.3 Å². The van der Waals surface area contributed by atoms with Crippen molar-refractivity contribution >= 4 is 29.1 Å². The minimum atomic E-state index is -0.127. The molecule has 1 amide bonds. The van der Waals surface area contributed by atoms with Crippen LogP contribution in [0, 0.1) is 0 Å². The van der Waals surface area contributed by atoms with Crippen molar-refractivity contribution in [2.45, 2.75) is 31.6 Å². The number of methoxy groups -OCH3 is 3. The fraction of sp³-hybridized carbons (Fsp3) is 0.348. The first-order valence-corrected chi connectivity index (χ1v) is 10.9. The summed E-state index contributed by atoms with van der Waals surface area (Å²) in [6.45, 7) is 2.52. The largest absolute Gasteiger partial charge is 0.497 e. The van der Waals surface area contributed by atoms with Crippen molar-refractivity contribution in [1.29, 1.82) is 0 Å². The van der Waals surface area contributed by atoms with Gasteiger partial charge in [0, 0.05) is 0 Å². The highest BCUT2D eigenvalue weighted by molar-refractivity contribution is 8.15. The van der Waals surface area contributed by atoms with E-state index < -0.39 is 0 Å². The maximum Gasteiger partial charge on any atom is 0.242 e. The summed E-state index contributed by atoms with van der Waals surface area (Å²) < 4.78 is 15.8. The van der Waals surface area contributed by atoms with Crippen LogP contribution < -0.4 is 14.2 Å². The molecule has 0 N–H and O–H groups in total. The lowest BCUT2D eigenvalue weighted by atomic mass is 10.2. The molecule has 31 heavy (non-hydrogen) atoms. The Balaban J connectivity index is 1.80. The van der Waals surface area contributed by atoms with Gasteiger partial charge >= 0.3 is 0 Å². The van der Waals surface area contributed by atoms with Gasteiger partial charge in [0.15, 0.2) is 16.7 Å². The number of amides is 1. The molecule has 0 aromatic heterocycles. The standard InChI is InChI=1S/C23H27N3O4S/c1-5-6-21-22(27)26(15-16-7-10-18(28-2)11-8-16)23(31-21)25-24-14-17-9-12-19(29-3)20(13-17)30-4/h7-14,21H,5-6,15H2,1-4H3/b24-14-,25-23-/t21-/m1/s1. The highest BCUT2D eigenvalue weighted by Gasteiger charge is 2.37. The zero-order valence-electron chi connectivity index (χ0n) is 18.2. The number of carbonyl (C=O) groups excluding carboxylic acids is 1. The molecule has 0 aliphatic carbocycles. The topological polar surface area (TPSA) is 72.7 Å². The molecule has 0 spiro atoms. The molecule has 1 atom stereocenters. The predicted octanol–water partition coefficient (Wildman–Crippen LogP) is 4.35. The lowest BCUT2D eigenvalue weighted by molar-refractivity contribution is -0.126. The molecule has 7 nitrogen and oxygen atoms in total. The summed E-state index contributed by atoms with van der Waals surface area (Å²) in [6.07, 6.45) is 3.38. The van der Waals surface area contributed by atoms with Crippen LogP contribution in [0.3, 0.4) is 0 Å². The van der Waals surface area contributed by atoms with Crippen molar-refractivity contribution in [3.63, 3.8) is 0 Å². The van der Waals surface area contributed by atoms with E-state index in [2.05, 4.69) is 17.1 Å². The second-order valence-corrected chi connectivity index (χ2v) is 8.08. The number of ether oxygens (including phenoxy) is 3. The van der Waals surface area contributed by atoms with E-state index >= 15 is 0 Å². The molecular weight excluding hydrogens is 414 g/mol. The average Bonchev–Trinajstić information content (AvgIpc) is 3.08. The van der Waals surface area contributed by atoms with E-state index in [1.807, 2.05) is 42.5 Å². The van der Waals surface area contributed by atoms with Gasteiger partial charge in [-0.2, -0.15) is 5.10 Å². The molecule has 2 aromatic carbocycles. The van der Waals surface area contributed by atoms with Crippen molar-refractivity contribution in [2.24, 2.45) is 10.2 Å². The van der Waals surface area contributed by atoms with Gasteiger partial charge in [0.25, 0.3) is 0 Å². The molecule has 0 unspecified atom stereocenters. The van der Waals surface area contributed by atoms with Crippen LogP contribution in [0.4, 0.5) is 0 Å². The number of carbonyl (C=O) groups is 1. The number of hydrogen-bond acceptors (Lipinski definition) is 7. The molecular formula is C23H27N3O4S. The monoisotopic (exact) mass is 441 g/mol. The Morgan fingerprint density at radius 1 is 1.03 bits per heavy atom. The number of nitrogens with zero attached hydrogens (tertiary/aromatic N) is 3. The molecule has 2 aromatic rings. The van der Waals surface area contributed by atoms with E-state index in [1.165, 1.54) is 11.8 Å². The van der Waals surface area contributed by atoms with Crippen LogP contribution in [0.25, 0.3) is 0 Å². The van der Waals surface area contributed by atoms with Crippen molar-refractivity contribution in [2.75, 3.05) is 21.3 Å². The maximum atomic E-state index is 12.9. The minimum absolute atomic E-state index is 0.0720. The fourth-order valence-electron chi connectivity index (χ4n) is 3.17. The van der Waals surface area contributed by atoms with E-state index in [4.69, 9.17) is 14.2 Å². The Labute approximate surface area is 187 Å². The van der Waals surface area contributed by atoms with Crippen molar-refractivity contribution < 1.29 is 19.0 Å². The predicted molar refractivity (Wildman–Crippen MR) is 124 cm³/mol. The van der Waals surface area contributed by atoms with E-state index in [9.17, 15) is 4.79 Å². The molecule has 1 fully saturated rings. The lowest BCUT2D eigenvalue weighted by Gasteiger charge is -2.16. The number of hydrogen-bond donors (Lipinski definition) is 0. The molecule has 0 bridgehead atoms. The van der Waals surface area contributed by atoms with Gasteiger partial charge in [0.2, 0.25) is 5.91 Å². The van der Waals surface area contributed by atoms with E-state index in [0.29, 0.717) is 23.2 Å². The lowest BCUT2D eigenvalue weighted by Crippen LogP contribution is -2.31. The first-order chi connectivity index (χ1) is 15.1. The van der Waals surface area contributed by atoms with Crippen LogP contribution in [0.15, 0.2) is 52.7 Å². The number of amidine groups is 1. The molecule has 1 aliphatic rings. The van der Waals surface area contributed by atoms with Gasteiger partial charge < -0.3 is 14.2 Å². The summed E-state index contributed by atoms with van der Waals surface area (Å²) in [7, 11) is 4.81. The third-order valence-corrected chi connectivity index (χ3v) is 6.06. The highest BCUT2D eigenvalue weighted by atomic mass is 32.2. The quantitative estimate of drug-likeness (QED) is 0.427. The van der Waals surface area contributed by atoms with Crippen molar-refractivity contribution in [1.82, 2.24) is 4.90 Å². The Kier molecular flexibility index (Phi) is 7.94. The summed E-state index contributed by atoms with van der Waals surface area (Å²) >= 11 is 1.47. The molecule has 164 valence electrons. The van der Waals surface area contributed by atoms with Crippen LogP contribution in [0.1, 0.15) is 30.9 Å². The van der Waals surface area contributed by atoms with Crippen molar-refractivity contribution in [3.8, 4) is 17.2 Å². The molecule has 8 heteroatoms. The summed E-state index contributed by atoms with van der Waals surface area (Å²) in [6, 6.07) is 13.2. The van der Waals surface area contributed by atoms with Gasteiger partial charge in [-0.1, -0.05) is 37.2 Å².